The van der Waals surface area contributed by atoms with Gasteiger partial charge in [-0.2, -0.15) is 0 Å². The van der Waals surface area contributed by atoms with Gasteiger partial charge >= 0.3 is 0 Å². The smallest absolute Gasteiger partial charge is 0.147 e. The molecule has 5 N–H and O–H groups in total. The summed E-state index contributed by atoms with van der Waals surface area (Å²) < 4.78 is 13.3. The molecule has 1 atom stereocenters. The molecule has 1 unspecified atom stereocenters. The van der Waals surface area contributed by atoms with E-state index < -0.39 is 0 Å². The van der Waals surface area contributed by atoms with Crippen molar-refractivity contribution in [1.82, 2.24) is 4.98 Å². The number of rotatable bonds is 2. The van der Waals surface area contributed by atoms with Gasteiger partial charge in [-0.3, -0.25) is 0 Å². The van der Waals surface area contributed by atoms with Crippen molar-refractivity contribution in [1.29, 1.82) is 0 Å². The summed E-state index contributed by atoms with van der Waals surface area (Å²) in [5.74, 6) is -0.266. The summed E-state index contributed by atoms with van der Waals surface area (Å²) in [5, 5.41) is 0.808. The van der Waals surface area contributed by atoms with Crippen LogP contribution in [0.1, 0.15) is 11.6 Å². The highest BCUT2D eigenvalue weighted by Crippen LogP contribution is 2.23. The van der Waals surface area contributed by atoms with Gasteiger partial charge in [0.15, 0.2) is 0 Å². The molecule has 14 heavy (non-hydrogen) atoms. The van der Waals surface area contributed by atoms with Crippen LogP contribution in [0.15, 0.2) is 24.4 Å². The summed E-state index contributed by atoms with van der Waals surface area (Å²) in [6.07, 6.45) is 1.71. The van der Waals surface area contributed by atoms with Crippen molar-refractivity contribution in [3.63, 3.8) is 0 Å². The van der Waals surface area contributed by atoms with E-state index in [2.05, 4.69) is 4.98 Å². The molecule has 1 heterocycles. The van der Waals surface area contributed by atoms with Crippen molar-refractivity contribution in [3.8, 4) is 0 Å². The number of nitrogens with two attached hydrogens (primary N) is 2. The third kappa shape index (κ3) is 1.29. The third-order valence-corrected chi connectivity index (χ3v) is 2.35. The van der Waals surface area contributed by atoms with Gasteiger partial charge in [-0.15, -0.1) is 0 Å². The Balaban J connectivity index is 2.63. The summed E-state index contributed by atoms with van der Waals surface area (Å²) in [5.41, 5.74) is 12.6. The average Bonchev–Trinajstić information content (AvgIpc) is 2.62. The number of aromatic nitrogens is 1. The van der Waals surface area contributed by atoms with Crippen LogP contribution in [0.4, 0.5) is 4.39 Å². The molecule has 74 valence electrons. The zero-order chi connectivity index (χ0) is 10.1. The third-order valence-electron chi connectivity index (χ3n) is 2.35. The molecule has 0 aliphatic carbocycles. The molecule has 1 aromatic heterocycles. The van der Waals surface area contributed by atoms with E-state index in [9.17, 15) is 4.39 Å². The number of nitrogens with one attached hydrogen (secondary N) is 1. The first-order chi connectivity index (χ1) is 6.74. The van der Waals surface area contributed by atoms with Gasteiger partial charge in [0.05, 0.1) is 5.52 Å². The van der Waals surface area contributed by atoms with E-state index in [0.29, 0.717) is 12.1 Å². The highest BCUT2D eigenvalue weighted by atomic mass is 19.1. The topological polar surface area (TPSA) is 67.8 Å². The molecule has 0 saturated heterocycles. The molecular weight excluding hydrogens is 181 g/mol. The quantitative estimate of drug-likeness (QED) is 0.672. The van der Waals surface area contributed by atoms with Crippen molar-refractivity contribution in [2.45, 2.75) is 6.04 Å². The minimum absolute atomic E-state index is 0.245. The Hall–Kier alpha value is -1.39. The normalized spacial score (nSPS) is 13.4. The van der Waals surface area contributed by atoms with Crippen LogP contribution < -0.4 is 11.5 Å². The summed E-state index contributed by atoms with van der Waals surface area (Å²) in [6, 6.07) is 4.67. The number of benzene rings is 1. The maximum absolute atomic E-state index is 13.3. The van der Waals surface area contributed by atoms with E-state index >= 15 is 0 Å². The van der Waals surface area contributed by atoms with E-state index in [4.69, 9.17) is 11.5 Å². The van der Waals surface area contributed by atoms with Gasteiger partial charge < -0.3 is 16.5 Å². The van der Waals surface area contributed by atoms with Gasteiger partial charge in [-0.1, -0.05) is 12.1 Å². The predicted octanol–water partition coefficient (Wildman–Crippen LogP) is 1.27. The molecule has 3 nitrogen and oxygen atoms in total. The Morgan fingerprint density at radius 2 is 2.21 bits per heavy atom. The Bertz CT molecular complexity index is 450. The minimum atomic E-state index is -0.266. The van der Waals surface area contributed by atoms with Gasteiger partial charge in [-0.05, 0) is 11.6 Å². The fourth-order valence-electron chi connectivity index (χ4n) is 1.57. The number of H-pyrrole nitrogens is 1. The first kappa shape index (κ1) is 9.18. The van der Waals surface area contributed by atoms with Gasteiger partial charge in [0.2, 0.25) is 0 Å². The lowest BCUT2D eigenvalue weighted by Crippen LogP contribution is -2.20. The van der Waals surface area contributed by atoms with E-state index in [1.807, 2.05) is 6.07 Å². The molecule has 0 amide bonds. The molecule has 0 radical (unpaired) electrons. The van der Waals surface area contributed by atoms with E-state index in [-0.39, 0.29) is 11.9 Å². The largest absolute Gasteiger partial charge is 0.358 e. The maximum atomic E-state index is 13.3. The zero-order valence-corrected chi connectivity index (χ0v) is 7.63. The van der Waals surface area contributed by atoms with Crippen LogP contribution in [0.5, 0.6) is 0 Å². The fourth-order valence-corrected chi connectivity index (χ4v) is 1.57. The van der Waals surface area contributed by atoms with E-state index in [1.165, 1.54) is 6.07 Å². The monoisotopic (exact) mass is 193 g/mol. The van der Waals surface area contributed by atoms with Gasteiger partial charge in [0, 0.05) is 24.2 Å². The SMILES string of the molecule is NCC(N)c1c[nH]c2c(F)cccc12. The van der Waals surface area contributed by atoms with E-state index in [0.717, 1.165) is 10.9 Å². The molecule has 1 aromatic carbocycles. The zero-order valence-electron chi connectivity index (χ0n) is 7.63. The first-order valence-electron chi connectivity index (χ1n) is 4.45. The summed E-state index contributed by atoms with van der Waals surface area (Å²) >= 11 is 0. The fraction of sp³-hybridized carbons (Fsp3) is 0.200. The number of aromatic amines is 1. The lowest BCUT2D eigenvalue weighted by atomic mass is 10.1. The highest BCUT2D eigenvalue weighted by Gasteiger charge is 2.11. The molecule has 0 aliphatic heterocycles. The molecule has 2 aromatic rings. The number of para-hydroxylation sites is 1. The second kappa shape index (κ2) is 3.40. The standard InChI is InChI=1S/C10H12FN3/c11-8-3-1-2-6-7(9(13)4-12)5-14-10(6)8/h1-3,5,9,14H,4,12-13H2. The van der Waals surface area contributed by atoms with Crippen molar-refractivity contribution in [2.24, 2.45) is 11.5 Å². The van der Waals surface area contributed by atoms with Crippen molar-refractivity contribution >= 4 is 10.9 Å². The predicted molar refractivity (Wildman–Crippen MR) is 54.2 cm³/mol. The second-order valence-corrected chi connectivity index (χ2v) is 3.25. The Kier molecular flexibility index (Phi) is 2.23. The van der Waals surface area contributed by atoms with Crippen LogP contribution in [-0.4, -0.2) is 11.5 Å². The number of hydrogen-bond donors (Lipinski definition) is 3. The van der Waals surface area contributed by atoms with Crippen LogP contribution in [0.25, 0.3) is 10.9 Å². The molecule has 0 bridgehead atoms. The molecule has 0 saturated carbocycles. The first-order valence-corrected chi connectivity index (χ1v) is 4.45. The lowest BCUT2D eigenvalue weighted by molar-refractivity contribution is 0.637. The lowest BCUT2D eigenvalue weighted by Gasteiger charge is -2.06. The van der Waals surface area contributed by atoms with E-state index in [1.54, 1.807) is 12.3 Å². The molecule has 2 rings (SSSR count). The summed E-state index contributed by atoms with van der Waals surface area (Å²) in [7, 11) is 0. The maximum Gasteiger partial charge on any atom is 0.147 e. The average molecular weight is 193 g/mol. The highest BCUT2D eigenvalue weighted by molar-refractivity contribution is 5.84. The van der Waals surface area contributed by atoms with Crippen LogP contribution in [0, 0.1) is 5.82 Å². The minimum Gasteiger partial charge on any atom is -0.358 e. The van der Waals surface area contributed by atoms with Crippen LogP contribution in [0.3, 0.4) is 0 Å². The van der Waals surface area contributed by atoms with Crippen LogP contribution in [-0.2, 0) is 0 Å². The Morgan fingerprint density at radius 3 is 2.93 bits per heavy atom. The number of halogens is 1. The van der Waals surface area contributed by atoms with Gasteiger partial charge in [-0.25, -0.2) is 4.39 Å². The summed E-state index contributed by atoms with van der Waals surface area (Å²) in [6.45, 7) is 0.351. The molecule has 4 heteroatoms. The molecular formula is C10H12FN3. The second-order valence-electron chi connectivity index (χ2n) is 3.25. The number of fused-ring (bicyclic) bond motifs is 1. The van der Waals surface area contributed by atoms with Crippen LogP contribution >= 0.6 is 0 Å². The molecule has 0 fully saturated rings. The van der Waals surface area contributed by atoms with Gasteiger partial charge in [0.1, 0.15) is 5.82 Å². The van der Waals surface area contributed by atoms with Crippen molar-refractivity contribution in [2.75, 3.05) is 6.54 Å². The molecule has 0 spiro atoms. The Morgan fingerprint density at radius 1 is 1.43 bits per heavy atom. The Labute approximate surface area is 80.9 Å². The van der Waals surface area contributed by atoms with Gasteiger partial charge in [0.25, 0.3) is 0 Å². The van der Waals surface area contributed by atoms with Crippen molar-refractivity contribution in [3.05, 3.63) is 35.8 Å². The van der Waals surface area contributed by atoms with Crippen LogP contribution in [0.2, 0.25) is 0 Å². The van der Waals surface area contributed by atoms with Crippen molar-refractivity contribution < 1.29 is 4.39 Å². The number of hydrogen-bond acceptors (Lipinski definition) is 2. The molecule has 0 aliphatic rings. The summed E-state index contributed by atoms with van der Waals surface area (Å²) in [4.78, 5) is 2.86.